The maximum Gasteiger partial charge on any atom is 0.293 e. The number of aromatic nitrogens is 3. The Kier molecular flexibility index (Phi) is 2.96. The van der Waals surface area contributed by atoms with Crippen molar-refractivity contribution in [3.05, 3.63) is 11.6 Å². The van der Waals surface area contributed by atoms with Gasteiger partial charge in [0.05, 0.1) is 0 Å². The van der Waals surface area contributed by atoms with E-state index in [1.165, 1.54) is 0 Å². The van der Waals surface area contributed by atoms with Crippen LogP contribution in [0.5, 0.6) is 0 Å². The van der Waals surface area contributed by atoms with Gasteiger partial charge in [-0.2, -0.15) is 0 Å². The maximum absolute atomic E-state index is 12.2. The molecule has 3 rings (SSSR count). The van der Waals surface area contributed by atoms with Gasteiger partial charge in [-0.3, -0.25) is 14.7 Å². The van der Waals surface area contributed by atoms with Crippen LogP contribution in [0.3, 0.4) is 0 Å². The monoisotopic (exact) mass is 263 g/mol. The second-order valence-electron chi connectivity index (χ2n) is 5.26. The summed E-state index contributed by atoms with van der Waals surface area (Å²) in [4.78, 5) is 29.5. The zero-order chi connectivity index (χ0) is 13.4. The van der Waals surface area contributed by atoms with Crippen molar-refractivity contribution < 1.29 is 9.59 Å². The first-order chi connectivity index (χ1) is 9.13. The molecule has 1 aromatic heterocycles. The molecule has 2 amide bonds. The van der Waals surface area contributed by atoms with Gasteiger partial charge in [-0.15, -0.1) is 5.10 Å². The predicted molar refractivity (Wildman–Crippen MR) is 66.3 cm³/mol. The summed E-state index contributed by atoms with van der Waals surface area (Å²) in [5.41, 5.74) is 0. The van der Waals surface area contributed by atoms with Crippen molar-refractivity contribution >= 4 is 11.8 Å². The molecule has 0 aromatic carbocycles. The highest BCUT2D eigenvalue weighted by atomic mass is 16.2. The molecule has 102 valence electrons. The molecule has 1 aromatic rings. The molecule has 2 fully saturated rings. The SMILES string of the molecule is Cc1nc(C(=O)N2CCC3NC(=O)CCC3C2)n[nH]1. The van der Waals surface area contributed by atoms with E-state index in [1.54, 1.807) is 11.8 Å². The Balaban J connectivity index is 1.68. The lowest BCUT2D eigenvalue weighted by Crippen LogP contribution is -2.55. The minimum Gasteiger partial charge on any atom is -0.353 e. The average molecular weight is 263 g/mol. The maximum atomic E-state index is 12.2. The third-order valence-corrected chi connectivity index (χ3v) is 3.90. The number of amides is 2. The molecule has 2 N–H and O–H groups in total. The number of rotatable bonds is 1. The molecule has 7 nitrogen and oxygen atoms in total. The molecule has 0 saturated carbocycles. The van der Waals surface area contributed by atoms with Gasteiger partial charge >= 0.3 is 0 Å². The topological polar surface area (TPSA) is 91.0 Å². The highest BCUT2D eigenvalue weighted by molar-refractivity contribution is 5.90. The predicted octanol–water partition coefficient (Wildman–Crippen LogP) is -0.146. The van der Waals surface area contributed by atoms with Crippen LogP contribution in [0.2, 0.25) is 0 Å². The van der Waals surface area contributed by atoms with Gasteiger partial charge in [0.15, 0.2) is 0 Å². The van der Waals surface area contributed by atoms with Crippen LogP contribution in [0.1, 0.15) is 35.7 Å². The highest BCUT2D eigenvalue weighted by Crippen LogP contribution is 2.25. The summed E-state index contributed by atoms with van der Waals surface area (Å²) in [6, 6.07) is 0.221. The molecule has 0 aliphatic carbocycles. The summed E-state index contributed by atoms with van der Waals surface area (Å²) < 4.78 is 0. The van der Waals surface area contributed by atoms with Gasteiger partial charge in [-0.25, -0.2) is 4.98 Å². The number of hydrogen-bond acceptors (Lipinski definition) is 4. The minimum atomic E-state index is -0.125. The van der Waals surface area contributed by atoms with Gasteiger partial charge < -0.3 is 10.2 Å². The van der Waals surface area contributed by atoms with E-state index in [2.05, 4.69) is 20.5 Å². The Bertz CT molecular complexity index is 512. The highest BCUT2D eigenvalue weighted by Gasteiger charge is 2.36. The molecular formula is C12H17N5O2. The van der Waals surface area contributed by atoms with E-state index in [-0.39, 0.29) is 23.7 Å². The molecule has 3 heterocycles. The molecule has 0 radical (unpaired) electrons. The third-order valence-electron chi connectivity index (χ3n) is 3.90. The molecule has 2 unspecified atom stereocenters. The lowest BCUT2D eigenvalue weighted by Gasteiger charge is -2.41. The van der Waals surface area contributed by atoms with Gasteiger partial charge in [0.25, 0.3) is 5.91 Å². The van der Waals surface area contributed by atoms with E-state index in [0.29, 0.717) is 31.3 Å². The number of aromatic amines is 1. The molecular weight excluding hydrogens is 246 g/mol. The number of likely N-dealkylation sites (tertiary alicyclic amines) is 1. The molecule has 2 atom stereocenters. The summed E-state index contributed by atoms with van der Waals surface area (Å²) in [6.45, 7) is 3.10. The number of fused-ring (bicyclic) bond motifs is 1. The number of H-pyrrole nitrogens is 1. The Morgan fingerprint density at radius 2 is 2.26 bits per heavy atom. The summed E-state index contributed by atoms with van der Waals surface area (Å²) in [7, 11) is 0. The van der Waals surface area contributed by atoms with Crippen molar-refractivity contribution in [3.63, 3.8) is 0 Å². The fourth-order valence-corrected chi connectivity index (χ4v) is 2.87. The Hall–Kier alpha value is -1.92. The van der Waals surface area contributed by atoms with Gasteiger partial charge in [0, 0.05) is 25.6 Å². The van der Waals surface area contributed by atoms with Crippen LogP contribution in [-0.2, 0) is 4.79 Å². The van der Waals surface area contributed by atoms with E-state index in [4.69, 9.17) is 0 Å². The minimum absolute atomic E-state index is 0.125. The number of nitrogens with zero attached hydrogens (tertiary/aromatic N) is 3. The smallest absolute Gasteiger partial charge is 0.293 e. The first-order valence-electron chi connectivity index (χ1n) is 6.61. The number of piperidine rings is 2. The number of nitrogens with one attached hydrogen (secondary N) is 2. The summed E-state index contributed by atoms with van der Waals surface area (Å²) in [6.07, 6.45) is 2.22. The zero-order valence-corrected chi connectivity index (χ0v) is 10.8. The van der Waals surface area contributed by atoms with Gasteiger partial charge in [0.2, 0.25) is 11.7 Å². The molecule has 2 saturated heterocycles. The normalized spacial score (nSPS) is 26.8. The summed E-state index contributed by atoms with van der Waals surface area (Å²) in [5.74, 6) is 1.24. The van der Waals surface area contributed by atoms with Gasteiger partial charge in [0.1, 0.15) is 5.82 Å². The first-order valence-corrected chi connectivity index (χ1v) is 6.61. The van der Waals surface area contributed by atoms with Crippen LogP contribution >= 0.6 is 0 Å². The van der Waals surface area contributed by atoms with Crippen LogP contribution in [0.15, 0.2) is 0 Å². The van der Waals surface area contributed by atoms with Crippen LogP contribution in [-0.4, -0.2) is 51.0 Å². The van der Waals surface area contributed by atoms with Crippen LogP contribution < -0.4 is 5.32 Å². The number of aryl methyl sites for hydroxylation is 1. The largest absolute Gasteiger partial charge is 0.353 e. The second kappa shape index (κ2) is 4.64. The molecule has 2 aliphatic heterocycles. The van der Waals surface area contributed by atoms with Crippen molar-refractivity contribution in [1.29, 1.82) is 0 Å². The quantitative estimate of drug-likeness (QED) is 0.737. The number of carbonyl (C=O) groups is 2. The van der Waals surface area contributed by atoms with Crippen molar-refractivity contribution in [3.8, 4) is 0 Å². The van der Waals surface area contributed by atoms with E-state index >= 15 is 0 Å². The Labute approximate surface area is 110 Å². The number of carbonyl (C=O) groups excluding carboxylic acids is 2. The van der Waals surface area contributed by atoms with Gasteiger partial charge in [-0.1, -0.05) is 0 Å². The summed E-state index contributed by atoms with van der Waals surface area (Å²) in [5, 5.41) is 9.60. The molecule has 2 aliphatic rings. The molecule has 7 heteroatoms. The molecule has 0 bridgehead atoms. The van der Waals surface area contributed by atoms with E-state index in [1.807, 2.05) is 0 Å². The van der Waals surface area contributed by atoms with Crippen LogP contribution in [0.4, 0.5) is 0 Å². The average Bonchev–Trinajstić information content (AvgIpc) is 2.84. The fourth-order valence-electron chi connectivity index (χ4n) is 2.87. The lowest BCUT2D eigenvalue weighted by molar-refractivity contribution is -0.125. The Morgan fingerprint density at radius 1 is 1.42 bits per heavy atom. The van der Waals surface area contributed by atoms with Crippen molar-refractivity contribution in [1.82, 2.24) is 25.4 Å². The number of hydrogen-bond donors (Lipinski definition) is 2. The van der Waals surface area contributed by atoms with Crippen LogP contribution in [0.25, 0.3) is 0 Å². The zero-order valence-electron chi connectivity index (χ0n) is 10.8. The lowest BCUT2D eigenvalue weighted by atomic mass is 9.85. The van der Waals surface area contributed by atoms with Gasteiger partial charge in [-0.05, 0) is 25.7 Å². The van der Waals surface area contributed by atoms with Crippen molar-refractivity contribution in [2.24, 2.45) is 5.92 Å². The van der Waals surface area contributed by atoms with E-state index in [0.717, 1.165) is 12.8 Å². The standard InChI is InChI=1S/C12H17N5O2/c1-7-13-11(16-15-7)12(19)17-5-4-9-8(6-17)2-3-10(18)14-9/h8-9H,2-6H2,1H3,(H,14,18)(H,13,15,16). The van der Waals surface area contributed by atoms with E-state index in [9.17, 15) is 9.59 Å². The van der Waals surface area contributed by atoms with E-state index < -0.39 is 0 Å². The molecule has 19 heavy (non-hydrogen) atoms. The van der Waals surface area contributed by atoms with Crippen molar-refractivity contribution in [2.45, 2.75) is 32.2 Å². The summed E-state index contributed by atoms with van der Waals surface area (Å²) >= 11 is 0. The molecule has 0 spiro atoms. The van der Waals surface area contributed by atoms with Crippen molar-refractivity contribution in [2.75, 3.05) is 13.1 Å². The second-order valence-corrected chi connectivity index (χ2v) is 5.26. The Morgan fingerprint density at radius 3 is 3.00 bits per heavy atom. The first kappa shape index (κ1) is 12.1. The third kappa shape index (κ3) is 2.32. The van der Waals surface area contributed by atoms with Crippen LogP contribution in [0, 0.1) is 12.8 Å². The fraction of sp³-hybridized carbons (Fsp3) is 0.667.